The van der Waals surface area contributed by atoms with Gasteiger partial charge in [-0.3, -0.25) is 19.8 Å². The van der Waals surface area contributed by atoms with Gasteiger partial charge in [0.25, 0.3) is 11.6 Å². The van der Waals surface area contributed by atoms with Gasteiger partial charge in [-0.2, -0.15) is 0 Å². The Bertz CT molecular complexity index is 1100. The monoisotopic (exact) mass is 434 g/mol. The number of nitro groups is 1. The van der Waals surface area contributed by atoms with E-state index in [1.54, 1.807) is 12.1 Å². The molecule has 1 amide bonds. The van der Waals surface area contributed by atoms with Gasteiger partial charge in [-0.05, 0) is 62.7 Å². The van der Waals surface area contributed by atoms with E-state index in [4.69, 9.17) is 0 Å². The smallest absolute Gasteiger partial charge is 0.293 e. The molecule has 7 nitrogen and oxygen atoms in total. The molecule has 0 radical (unpaired) electrons. The molecule has 0 aromatic heterocycles. The summed E-state index contributed by atoms with van der Waals surface area (Å²) in [7, 11) is 0. The second-order valence-electron chi connectivity index (χ2n) is 8.36. The van der Waals surface area contributed by atoms with Crippen molar-refractivity contribution in [2.75, 3.05) is 23.7 Å². The fraction of sp³-hybridized carbons (Fsp3) is 0.320. The van der Waals surface area contributed by atoms with Gasteiger partial charge in [-0.1, -0.05) is 30.3 Å². The highest BCUT2D eigenvalue weighted by molar-refractivity contribution is 6.06. The number of amides is 1. The van der Waals surface area contributed by atoms with Crippen LogP contribution in [0.25, 0.3) is 10.8 Å². The molecule has 0 saturated carbocycles. The van der Waals surface area contributed by atoms with Crippen LogP contribution in [-0.4, -0.2) is 40.9 Å². The first-order valence-electron chi connectivity index (χ1n) is 10.8. The highest BCUT2D eigenvalue weighted by atomic mass is 16.6. The largest absolute Gasteiger partial charge is 0.378 e. The van der Waals surface area contributed by atoms with E-state index in [-0.39, 0.29) is 17.2 Å². The van der Waals surface area contributed by atoms with Gasteiger partial charge in [0.1, 0.15) is 5.69 Å². The van der Waals surface area contributed by atoms with Gasteiger partial charge in [-0.25, -0.2) is 0 Å². The molecule has 32 heavy (non-hydrogen) atoms. The maximum Gasteiger partial charge on any atom is 0.293 e. The van der Waals surface area contributed by atoms with Crippen molar-refractivity contribution < 1.29 is 9.72 Å². The summed E-state index contributed by atoms with van der Waals surface area (Å²) in [6.45, 7) is 9.85. The van der Waals surface area contributed by atoms with Crippen LogP contribution in [0.4, 0.5) is 17.1 Å². The van der Waals surface area contributed by atoms with E-state index in [9.17, 15) is 14.9 Å². The van der Waals surface area contributed by atoms with Gasteiger partial charge >= 0.3 is 0 Å². The van der Waals surface area contributed by atoms with Crippen molar-refractivity contribution in [3.8, 4) is 0 Å². The third-order valence-electron chi connectivity index (χ3n) is 5.48. The molecule has 0 aliphatic rings. The lowest BCUT2D eigenvalue weighted by Crippen LogP contribution is -2.40. The van der Waals surface area contributed by atoms with E-state index in [0.29, 0.717) is 30.0 Å². The number of nitrogens with zero attached hydrogens (tertiary/aromatic N) is 2. The number of carbonyl (C=O) groups excluding carboxylic acids is 1. The minimum absolute atomic E-state index is 0.114. The first-order valence-corrected chi connectivity index (χ1v) is 10.8. The number of hydrogen-bond acceptors (Lipinski definition) is 5. The van der Waals surface area contributed by atoms with Crippen LogP contribution in [0.3, 0.4) is 0 Å². The number of anilines is 2. The summed E-state index contributed by atoms with van der Waals surface area (Å²) in [6, 6.07) is 18.8. The molecule has 0 bridgehead atoms. The molecular formula is C25H30N4O3. The van der Waals surface area contributed by atoms with Gasteiger partial charge in [0.05, 0.1) is 4.92 Å². The zero-order valence-electron chi connectivity index (χ0n) is 19.0. The summed E-state index contributed by atoms with van der Waals surface area (Å²) < 4.78 is 0. The number of rotatable bonds is 9. The standard InChI is InChI=1S/C25H30N4O3/c1-17(2)28(18(3)4)14-13-26-23-12-10-21(16-24(23)29(31)32)25(30)27-22-11-9-19-7-5-6-8-20(19)15-22/h5-12,15-18,26H,13-14H2,1-4H3,(H,27,30). The number of hydrogen-bond donors (Lipinski definition) is 2. The molecule has 0 heterocycles. The van der Waals surface area contributed by atoms with Crippen LogP contribution in [0.1, 0.15) is 38.1 Å². The van der Waals surface area contributed by atoms with Crippen LogP contribution in [-0.2, 0) is 0 Å². The molecule has 0 saturated heterocycles. The van der Waals surface area contributed by atoms with E-state index in [0.717, 1.165) is 17.3 Å². The summed E-state index contributed by atoms with van der Waals surface area (Å²) in [5.41, 5.74) is 1.17. The predicted octanol–water partition coefficient (Wildman–Crippen LogP) is 5.53. The Balaban J connectivity index is 1.72. The third-order valence-corrected chi connectivity index (χ3v) is 5.48. The van der Waals surface area contributed by atoms with Crippen LogP contribution in [0, 0.1) is 10.1 Å². The Labute approximate surface area is 188 Å². The van der Waals surface area contributed by atoms with E-state index < -0.39 is 4.92 Å². The zero-order valence-corrected chi connectivity index (χ0v) is 19.0. The minimum Gasteiger partial charge on any atom is -0.378 e. The molecule has 3 aromatic carbocycles. The topological polar surface area (TPSA) is 87.5 Å². The van der Waals surface area contributed by atoms with Crippen molar-refractivity contribution in [3.05, 3.63) is 76.3 Å². The molecule has 2 N–H and O–H groups in total. The third kappa shape index (κ3) is 5.62. The van der Waals surface area contributed by atoms with Crippen molar-refractivity contribution in [3.63, 3.8) is 0 Å². The van der Waals surface area contributed by atoms with Gasteiger partial charge in [0.2, 0.25) is 0 Å². The number of benzene rings is 3. The van der Waals surface area contributed by atoms with Crippen LogP contribution in [0.15, 0.2) is 60.7 Å². The molecule has 0 unspecified atom stereocenters. The fourth-order valence-corrected chi connectivity index (χ4v) is 3.88. The second kappa shape index (κ2) is 10.2. The van der Waals surface area contributed by atoms with Crippen molar-refractivity contribution in [1.82, 2.24) is 4.90 Å². The van der Waals surface area contributed by atoms with Crippen molar-refractivity contribution in [2.24, 2.45) is 0 Å². The average molecular weight is 435 g/mol. The number of nitrogens with one attached hydrogen (secondary N) is 2. The molecule has 3 aromatic rings. The number of nitro benzene ring substituents is 1. The molecule has 168 valence electrons. The first-order chi connectivity index (χ1) is 15.3. The van der Waals surface area contributed by atoms with Crippen molar-refractivity contribution >= 4 is 33.7 Å². The normalized spacial score (nSPS) is 11.3. The van der Waals surface area contributed by atoms with E-state index in [1.807, 2.05) is 42.5 Å². The summed E-state index contributed by atoms with van der Waals surface area (Å²) in [5.74, 6) is -0.388. The van der Waals surface area contributed by atoms with Crippen LogP contribution < -0.4 is 10.6 Å². The first kappa shape index (κ1) is 23.2. The molecule has 7 heteroatoms. The highest BCUT2D eigenvalue weighted by Gasteiger charge is 2.19. The lowest BCUT2D eigenvalue weighted by atomic mass is 10.1. The molecule has 0 aliphatic heterocycles. The van der Waals surface area contributed by atoms with Crippen LogP contribution in [0.2, 0.25) is 0 Å². The van der Waals surface area contributed by atoms with Gasteiger partial charge < -0.3 is 10.6 Å². The maximum absolute atomic E-state index is 12.7. The Hall–Kier alpha value is -3.45. The van der Waals surface area contributed by atoms with Crippen molar-refractivity contribution in [1.29, 1.82) is 0 Å². The van der Waals surface area contributed by atoms with Gasteiger partial charge in [0.15, 0.2) is 0 Å². The minimum atomic E-state index is -0.461. The quantitative estimate of drug-likeness (QED) is 0.341. The molecular weight excluding hydrogens is 404 g/mol. The maximum atomic E-state index is 12.7. The van der Waals surface area contributed by atoms with Crippen molar-refractivity contribution in [2.45, 2.75) is 39.8 Å². The highest BCUT2D eigenvalue weighted by Crippen LogP contribution is 2.26. The summed E-state index contributed by atoms with van der Waals surface area (Å²) in [6.07, 6.45) is 0. The Kier molecular flexibility index (Phi) is 7.43. The SMILES string of the molecule is CC(C)N(CCNc1ccc(C(=O)Nc2ccc3ccccc3c2)cc1[N+](=O)[O-])C(C)C. The van der Waals surface area contributed by atoms with Gasteiger partial charge in [0, 0.05) is 42.5 Å². The van der Waals surface area contributed by atoms with Crippen LogP contribution in [0.5, 0.6) is 0 Å². The average Bonchev–Trinajstić information content (AvgIpc) is 2.76. The summed E-state index contributed by atoms with van der Waals surface area (Å²) in [5, 5.41) is 19.7. The van der Waals surface area contributed by atoms with Crippen LogP contribution >= 0.6 is 0 Å². The number of fused-ring (bicyclic) bond motifs is 1. The second-order valence-corrected chi connectivity index (χ2v) is 8.36. The summed E-state index contributed by atoms with van der Waals surface area (Å²) >= 11 is 0. The summed E-state index contributed by atoms with van der Waals surface area (Å²) in [4.78, 5) is 26.2. The molecule has 3 rings (SSSR count). The zero-order chi connectivity index (χ0) is 23.3. The molecule has 0 spiro atoms. The molecule has 0 fully saturated rings. The number of carbonyl (C=O) groups is 1. The lowest BCUT2D eigenvalue weighted by Gasteiger charge is -2.30. The lowest BCUT2D eigenvalue weighted by molar-refractivity contribution is -0.384. The van der Waals surface area contributed by atoms with Gasteiger partial charge in [-0.15, -0.1) is 0 Å². The Morgan fingerprint density at radius 2 is 1.66 bits per heavy atom. The fourth-order valence-electron chi connectivity index (χ4n) is 3.88. The van der Waals surface area contributed by atoms with E-state index >= 15 is 0 Å². The Morgan fingerprint density at radius 3 is 2.31 bits per heavy atom. The molecule has 0 aliphatic carbocycles. The van der Waals surface area contributed by atoms with E-state index in [1.165, 1.54) is 6.07 Å². The predicted molar refractivity (Wildman–Crippen MR) is 130 cm³/mol. The molecule has 0 atom stereocenters. The Morgan fingerprint density at radius 1 is 0.969 bits per heavy atom. The van der Waals surface area contributed by atoms with E-state index in [2.05, 4.69) is 43.2 Å².